The number of ether oxygens (including phenoxy) is 1. The van der Waals surface area contributed by atoms with Gasteiger partial charge in [0.15, 0.2) is 6.10 Å². The number of urea groups is 1. The highest BCUT2D eigenvalue weighted by molar-refractivity contribution is 5.99. The molecule has 2 N–H and O–H groups in total. The van der Waals surface area contributed by atoms with Crippen LogP contribution in [0.4, 0.5) is 4.79 Å². The Balaban J connectivity index is 1.51. The average Bonchev–Trinajstić information content (AvgIpc) is 3.06. The van der Waals surface area contributed by atoms with Gasteiger partial charge in [-0.3, -0.25) is 10.1 Å². The first-order chi connectivity index (χ1) is 12.5. The van der Waals surface area contributed by atoms with Gasteiger partial charge in [0, 0.05) is 11.4 Å². The highest BCUT2D eigenvalue weighted by Crippen LogP contribution is 2.20. The van der Waals surface area contributed by atoms with E-state index in [0.29, 0.717) is 5.58 Å². The number of amides is 3. The van der Waals surface area contributed by atoms with Gasteiger partial charge in [0.05, 0.1) is 0 Å². The second-order valence-corrected chi connectivity index (χ2v) is 6.49. The van der Waals surface area contributed by atoms with Crippen LogP contribution in [0, 0.1) is 0 Å². The number of imide groups is 1. The molecule has 0 bridgehead atoms. The Morgan fingerprint density at radius 1 is 1.15 bits per heavy atom. The Bertz CT molecular complexity index is 774. The van der Waals surface area contributed by atoms with Crippen molar-refractivity contribution in [1.82, 2.24) is 10.6 Å². The SMILES string of the molecule is C[C@@H](OC(=O)c1cc2ccccc2o1)C(=O)NC(=O)NC1CCCCC1. The summed E-state index contributed by atoms with van der Waals surface area (Å²) in [6, 6.07) is 8.24. The molecule has 1 saturated carbocycles. The fourth-order valence-electron chi connectivity index (χ4n) is 3.04. The van der Waals surface area contributed by atoms with E-state index in [0.717, 1.165) is 31.1 Å². The van der Waals surface area contributed by atoms with Crippen molar-refractivity contribution in [3.05, 3.63) is 36.1 Å². The molecule has 1 aliphatic rings. The zero-order valence-electron chi connectivity index (χ0n) is 14.6. The summed E-state index contributed by atoms with van der Waals surface area (Å²) in [7, 11) is 0. The van der Waals surface area contributed by atoms with Crippen LogP contribution in [0.2, 0.25) is 0 Å². The Kier molecular flexibility index (Phi) is 5.55. The van der Waals surface area contributed by atoms with Crippen LogP contribution >= 0.6 is 0 Å². The van der Waals surface area contributed by atoms with E-state index in [-0.39, 0.29) is 11.8 Å². The van der Waals surface area contributed by atoms with Crippen molar-refractivity contribution in [2.45, 2.75) is 51.2 Å². The summed E-state index contributed by atoms with van der Waals surface area (Å²) in [6.07, 6.45) is 4.03. The van der Waals surface area contributed by atoms with Gasteiger partial charge < -0.3 is 14.5 Å². The summed E-state index contributed by atoms with van der Waals surface area (Å²) in [6.45, 7) is 1.41. The monoisotopic (exact) mass is 358 g/mol. The Hall–Kier alpha value is -2.83. The number of para-hydroxylation sites is 1. The molecule has 1 aliphatic carbocycles. The predicted molar refractivity (Wildman–Crippen MR) is 94.6 cm³/mol. The normalized spacial score (nSPS) is 16.0. The largest absolute Gasteiger partial charge is 0.449 e. The lowest BCUT2D eigenvalue weighted by molar-refractivity contribution is -0.128. The van der Waals surface area contributed by atoms with Gasteiger partial charge in [-0.25, -0.2) is 9.59 Å². The van der Waals surface area contributed by atoms with Crippen LogP contribution in [-0.4, -0.2) is 30.1 Å². The van der Waals surface area contributed by atoms with Crippen LogP contribution in [0.15, 0.2) is 34.7 Å². The first-order valence-corrected chi connectivity index (χ1v) is 8.84. The van der Waals surface area contributed by atoms with Crippen molar-refractivity contribution in [2.75, 3.05) is 0 Å². The summed E-state index contributed by atoms with van der Waals surface area (Å²) in [5.74, 6) is -1.42. The van der Waals surface area contributed by atoms with Gasteiger partial charge in [-0.15, -0.1) is 0 Å². The lowest BCUT2D eigenvalue weighted by atomic mass is 9.96. The quantitative estimate of drug-likeness (QED) is 0.818. The molecule has 0 radical (unpaired) electrons. The molecule has 0 unspecified atom stereocenters. The van der Waals surface area contributed by atoms with Crippen molar-refractivity contribution < 1.29 is 23.5 Å². The molecule has 7 heteroatoms. The lowest BCUT2D eigenvalue weighted by Gasteiger charge is -2.23. The number of rotatable bonds is 4. The van der Waals surface area contributed by atoms with E-state index in [2.05, 4.69) is 10.6 Å². The zero-order valence-corrected chi connectivity index (χ0v) is 14.6. The van der Waals surface area contributed by atoms with Gasteiger partial charge in [0.2, 0.25) is 5.76 Å². The van der Waals surface area contributed by atoms with Crippen molar-refractivity contribution in [3.63, 3.8) is 0 Å². The molecule has 1 fully saturated rings. The van der Waals surface area contributed by atoms with Crippen LogP contribution in [0.25, 0.3) is 11.0 Å². The van der Waals surface area contributed by atoms with Crippen molar-refractivity contribution in [1.29, 1.82) is 0 Å². The lowest BCUT2D eigenvalue weighted by Crippen LogP contribution is -2.48. The molecule has 26 heavy (non-hydrogen) atoms. The molecule has 138 valence electrons. The van der Waals surface area contributed by atoms with E-state index < -0.39 is 24.0 Å². The molecule has 0 aliphatic heterocycles. The van der Waals surface area contributed by atoms with E-state index in [1.165, 1.54) is 13.3 Å². The number of carbonyl (C=O) groups is 3. The van der Waals surface area contributed by atoms with Crippen molar-refractivity contribution in [3.8, 4) is 0 Å². The minimum Gasteiger partial charge on any atom is -0.449 e. The summed E-state index contributed by atoms with van der Waals surface area (Å²) >= 11 is 0. The summed E-state index contributed by atoms with van der Waals surface area (Å²) < 4.78 is 10.5. The first-order valence-electron chi connectivity index (χ1n) is 8.84. The van der Waals surface area contributed by atoms with Gasteiger partial charge in [0.25, 0.3) is 5.91 Å². The second kappa shape index (κ2) is 8.03. The van der Waals surface area contributed by atoms with E-state index in [9.17, 15) is 14.4 Å². The summed E-state index contributed by atoms with van der Waals surface area (Å²) in [4.78, 5) is 36.1. The topological polar surface area (TPSA) is 97.6 Å². The number of furan rings is 1. The molecule has 0 saturated heterocycles. The van der Waals surface area contributed by atoms with Gasteiger partial charge in [0.1, 0.15) is 5.58 Å². The van der Waals surface area contributed by atoms with E-state index in [1.807, 2.05) is 6.07 Å². The van der Waals surface area contributed by atoms with Crippen LogP contribution in [0.1, 0.15) is 49.6 Å². The molecular formula is C19H22N2O5. The minimum absolute atomic E-state index is 0.0116. The van der Waals surface area contributed by atoms with E-state index in [1.54, 1.807) is 24.3 Å². The molecule has 1 aromatic heterocycles. The maximum Gasteiger partial charge on any atom is 0.375 e. The van der Waals surface area contributed by atoms with Crippen LogP contribution in [0.3, 0.4) is 0 Å². The number of fused-ring (bicyclic) bond motifs is 1. The zero-order chi connectivity index (χ0) is 18.5. The van der Waals surface area contributed by atoms with Gasteiger partial charge in [-0.05, 0) is 31.9 Å². The Morgan fingerprint density at radius 2 is 1.88 bits per heavy atom. The maximum atomic E-state index is 12.1. The third kappa shape index (κ3) is 4.41. The molecule has 1 aromatic carbocycles. The van der Waals surface area contributed by atoms with Crippen LogP contribution in [0.5, 0.6) is 0 Å². The standard InChI is InChI=1S/C19H22N2O5/c1-12(17(22)21-19(24)20-14-8-3-2-4-9-14)25-18(23)16-11-13-7-5-6-10-15(13)26-16/h5-7,10-12,14H,2-4,8-9H2,1H3,(H2,20,21,22,24)/t12-/m1/s1. The van der Waals surface area contributed by atoms with Crippen molar-refractivity contribution in [2.24, 2.45) is 0 Å². The summed E-state index contributed by atoms with van der Waals surface area (Å²) in [5, 5.41) is 5.76. The second-order valence-electron chi connectivity index (χ2n) is 6.49. The minimum atomic E-state index is -1.12. The maximum absolute atomic E-state index is 12.1. The fourth-order valence-corrected chi connectivity index (χ4v) is 3.04. The van der Waals surface area contributed by atoms with Crippen molar-refractivity contribution >= 4 is 28.9 Å². The molecular weight excluding hydrogens is 336 g/mol. The molecule has 1 heterocycles. The van der Waals surface area contributed by atoms with Gasteiger partial charge in [-0.2, -0.15) is 0 Å². The molecule has 1 atom stereocenters. The first kappa shape index (κ1) is 18.0. The molecule has 3 amide bonds. The third-order valence-corrected chi connectivity index (χ3v) is 4.46. The average molecular weight is 358 g/mol. The van der Waals surface area contributed by atoms with Crippen LogP contribution < -0.4 is 10.6 Å². The van der Waals surface area contributed by atoms with Gasteiger partial charge in [-0.1, -0.05) is 37.5 Å². The predicted octanol–water partition coefficient (Wildman–Crippen LogP) is 3.14. The van der Waals surface area contributed by atoms with Crippen LogP contribution in [-0.2, 0) is 9.53 Å². The molecule has 0 spiro atoms. The molecule has 2 aromatic rings. The number of esters is 1. The Morgan fingerprint density at radius 3 is 2.62 bits per heavy atom. The fraction of sp³-hybridized carbons (Fsp3) is 0.421. The van der Waals surface area contributed by atoms with Gasteiger partial charge >= 0.3 is 12.0 Å². The highest BCUT2D eigenvalue weighted by Gasteiger charge is 2.24. The van der Waals surface area contributed by atoms with E-state index in [4.69, 9.17) is 9.15 Å². The highest BCUT2D eigenvalue weighted by atomic mass is 16.6. The smallest absolute Gasteiger partial charge is 0.375 e. The number of benzene rings is 1. The molecule has 3 rings (SSSR count). The number of hydrogen-bond acceptors (Lipinski definition) is 5. The summed E-state index contributed by atoms with van der Waals surface area (Å²) in [5.41, 5.74) is 0.559. The number of nitrogens with one attached hydrogen (secondary N) is 2. The third-order valence-electron chi connectivity index (χ3n) is 4.46. The Labute approximate surface area is 151 Å². The molecule has 7 nitrogen and oxygen atoms in total. The van der Waals surface area contributed by atoms with E-state index >= 15 is 0 Å². The number of carbonyl (C=O) groups excluding carboxylic acids is 3. The number of hydrogen-bond donors (Lipinski definition) is 2.